The zero-order chi connectivity index (χ0) is 16.2. The first-order valence-electron chi connectivity index (χ1n) is 7.45. The highest BCUT2D eigenvalue weighted by molar-refractivity contribution is 7.99. The summed E-state index contributed by atoms with van der Waals surface area (Å²) in [6, 6.07) is 5.26. The van der Waals surface area contributed by atoms with Crippen molar-refractivity contribution in [2.45, 2.75) is 25.5 Å². The Morgan fingerprint density at radius 1 is 1.30 bits per heavy atom. The van der Waals surface area contributed by atoms with Crippen molar-refractivity contribution in [3.8, 4) is 11.5 Å². The minimum atomic E-state index is 0.00562. The molecule has 1 aliphatic heterocycles. The molecule has 0 radical (unpaired) electrons. The Hall–Kier alpha value is -2.09. The number of rotatable bonds is 6. The van der Waals surface area contributed by atoms with Crippen molar-refractivity contribution >= 4 is 17.5 Å². The van der Waals surface area contributed by atoms with E-state index in [2.05, 4.69) is 29.4 Å². The Labute approximate surface area is 138 Å². The maximum Gasteiger partial charge on any atom is 0.209 e. The smallest absolute Gasteiger partial charge is 0.209 e. The highest BCUT2D eigenvalue weighted by atomic mass is 32.2. The third kappa shape index (κ3) is 3.82. The fourth-order valence-electron chi connectivity index (χ4n) is 2.19. The van der Waals surface area contributed by atoms with Crippen LogP contribution in [-0.4, -0.2) is 45.0 Å². The number of carbonyl (C=O) groups excluding carboxylic acids is 1. The third-order valence-corrected chi connectivity index (χ3v) is 4.19. The lowest BCUT2D eigenvalue weighted by Crippen LogP contribution is -2.16. The second-order valence-electron chi connectivity index (χ2n) is 5.61. The van der Waals surface area contributed by atoms with Gasteiger partial charge in [-0.2, -0.15) is 0 Å². The number of aromatic nitrogens is 4. The van der Waals surface area contributed by atoms with Crippen molar-refractivity contribution in [2.75, 3.05) is 19.0 Å². The molecule has 0 N–H and O–H groups in total. The number of fused-ring (bicyclic) bond motifs is 1. The SMILES string of the molecule is CC(C)Cn1nnnc1SCC(=O)c1ccc2c(c1)OCCO2. The quantitative estimate of drug-likeness (QED) is 0.591. The van der Waals surface area contributed by atoms with Crippen molar-refractivity contribution in [3.05, 3.63) is 23.8 Å². The van der Waals surface area contributed by atoms with Crippen LogP contribution in [0.5, 0.6) is 11.5 Å². The topological polar surface area (TPSA) is 79.1 Å². The number of hydrogen-bond acceptors (Lipinski definition) is 7. The number of hydrogen-bond donors (Lipinski definition) is 0. The van der Waals surface area contributed by atoms with Crippen LogP contribution in [0.2, 0.25) is 0 Å². The minimum Gasteiger partial charge on any atom is -0.486 e. The van der Waals surface area contributed by atoms with Gasteiger partial charge in [0.2, 0.25) is 5.16 Å². The molecule has 0 amide bonds. The lowest BCUT2D eigenvalue weighted by Gasteiger charge is -2.18. The Bertz CT molecular complexity index is 702. The fourth-order valence-corrected chi connectivity index (χ4v) is 2.97. The molecule has 0 saturated carbocycles. The van der Waals surface area contributed by atoms with Gasteiger partial charge in [-0.15, -0.1) is 5.10 Å². The molecule has 0 atom stereocenters. The molecule has 0 saturated heterocycles. The fraction of sp³-hybridized carbons (Fsp3) is 0.467. The number of Topliss-reactive ketones (excluding diaryl/α,β-unsaturated/α-hetero) is 1. The summed E-state index contributed by atoms with van der Waals surface area (Å²) in [6.45, 7) is 5.96. The molecule has 1 aromatic heterocycles. The molecule has 2 heterocycles. The highest BCUT2D eigenvalue weighted by Crippen LogP contribution is 2.31. The molecule has 0 aliphatic carbocycles. The van der Waals surface area contributed by atoms with Gasteiger partial charge in [0.1, 0.15) is 13.2 Å². The minimum absolute atomic E-state index is 0.00562. The molecule has 0 bridgehead atoms. The van der Waals surface area contributed by atoms with Crippen molar-refractivity contribution in [1.29, 1.82) is 0 Å². The number of ether oxygens (including phenoxy) is 2. The van der Waals surface area contributed by atoms with Gasteiger partial charge in [-0.3, -0.25) is 4.79 Å². The summed E-state index contributed by atoms with van der Waals surface area (Å²) in [5.74, 6) is 2.02. The van der Waals surface area contributed by atoms with Crippen molar-refractivity contribution in [2.24, 2.45) is 5.92 Å². The largest absolute Gasteiger partial charge is 0.486 e. The number of ketones is 1. The van der Waals surface area contributed by atoms with Crippen molar-refractivity contribution in [3.63, 3.8) is 0 Å². The van der Waals surface area contributed by atoms with E-state index in [1.807, 2.05) is 0 Å². The van der Waals surface area contributed by atoms with Crippen LogP contribution in [0.1, 0.15) is 24.2 Å². The van der Waals surface area contributed by atoms with Crippen LogP contribution < -0.4 is 9.47 Å². The molecule has 7 nitrogen and oxygen atoms in total. The second-order valence-corrected chi connectivity index (χ2v) is 6.55. The van der Waals surface area contributed by atoms with E-state index in [-0.39, 0.29) is 11.5 Å². The Kier molecular flexibility index (Phi) is 4.80. The van der Waals surface area contributed by atoms with Crippen LogP contribution in [0.3, 0.4) is 0 Å². The third-order valence-electron chi connectivity index (χ3n) is 3.23. The first-order chi connectivity index (χ1) is 11.1. The monoisotopic (exact) mass is 334 g/mol. The van der Waals surface area contributed by atoms with Crippen molar-refractivity contribution < 1.29 is 14.3 Å². The lowest BCUT2D eigenvalue weighted by molar-refractivity contribution is 0.102. The first-order valence-corrected chi connectivity index (χ1v) is 8.44. The molecule has 2 aromatic rings. The Morgan fingerprint density at radius 3 is 2.87 bits per heavy atom. The van der Waals surface area contributed by atoms with Crippen LogP contribution in [0.15, 0.2) is 23.4 Å². The van der Waals surface area contributed by atoms with Gasteiger partial charge in [-0.25, -0.2) is 4.68 Å². The average Bonchev–Trinajstić information content (AvgIpc) is 2.98. The van der Waals surface area contributed by atoms with Gasteiger partial charge in [-0.1, -0.05) is 25.6 Å². The molecule has 23 heavy (non-hydrogen) atoms. The van der Waals surface area contributed by atoms with Crippen LogP contribution >= 0.6 is 11.8 Å². The summed E-state index contributed by atoms with van der Waals surface area (Å²) < 4.78 is 12.7. The number of thioether (sulfide) groups is 1. The predicted molar refractivity (Wildman–Crippen MR) is 85.1 cm³/mol. The second kappa shape index (κ2) is 6.99. The van der Waals surface area contributed by atoms with E-state index in [1.165, 1.54) is 11.8 Å². The van der Waals surface area contributed by atoms with E-state index >= 15 is 0 Å². The normalized spacial score (nSPS) is 13.3. The molecule has 8 heteroatoms. The molecule has 1 aromatic carbocycles. The molecule has 0 fully saturated rings. The highest BCUT2D eigenvalue weighted by Gasteiger charge is 2.16. The molecule has 3 rings (SSSR count). The van der Waals surface area contributed by atoms with Crippen LogP contribution in [0.25, 0.3) is 0 Å². The van der Waals surface area contributed by atoms with Gasteiger partial charge >= 0.3 is 0 Å². The van der Waals surface area contributed by atoms with E-state index in [4.69, 9.17) is 9.47 Å². The number of carbonyl (C=O) groups is 1. The van der Waals surface area contributed by atoms with E-state index in [0.29, 0.717) is 41.4 Å². The summed E-state index contributed by atoms with van der Waals surface area (Å²) in [7, 11) is 0. The average molecular weight is 334 g/mol. The van der Waals surface area contributed by atoms with Gasteiger partial charge in [0.05, 0.1) is 5.75 Å². The van der Waals surface area contributed by atoms with Crippen molar-refractivity contribution in [1.82, 2.24) is 20.2 Å². The number of tetrazole rings is 1. The summed E-state index contributed by atoms with van der Waals surface area (Å²) in [4.78, 5) is 12.4. The van der Waals surface area contributed by atoms with Crippen LogP contribution in [0.4, 0.5) is 0 Å². The molecule has 0 spiro atoms. The van der Waals surface area contributed by atoms with Gasteiger partial charge in [0.15, 0.2) is 17.3 Å². The number of benzene rings is 1. The van der Waals surface area contributed by atoms with Gasteiger partial charge in [0.25, 0.3) is 0 Å². The first kappa shape index (κ1) is 15.8. The molecule has 1 aliphatic rings. The number of nitrogens with zero attached hydrogens (tertiary/aromatic N) is 4. The van der Waals surface area contributed by atoms with Gasteiger partial charge in [0, 0.05) is 12.1 Å². The van der Waals surface area contributed by atoms with E-state index in [0.717, 1.165) is 6.54 Å². The summed E-state index contributed by atoms with van der Waals surface area (Å²) in [5.41, 5.74) is 0.602. The maximum atomic E-state index is 12.4. The van der Waals surface area contributed by atoms with Crippen LogP contribution in [0, 0.1) is 5.92 Å². The predicted octanol–water partition coefficient (Wildman–Crippen LogP) is 2.08. The maximum absolute atomic E-state index is 12.4. The van der Waals surface area contributed by atoms with E-state index in [1.54, 1.807) is 22.9 Å². The lowest BCUT2D eigenvalue weighted by atomic mass is 10.1. The Balaban J connectivity index is 1.65. The summed E-state index contributed by atoms with van der Waals surface area (Å²) in [5, 5.41) is 12.3. The molecular weight excluding hydrogens is 316 g/mol. The zero-order valence-electron chi connectivity index (χ0n) is 13.1. The van der Waals surface area contributed by atoms with Crippen LogP contribution in [-0.2, 0) is 6.54 Å². The van der Waals surface area contributed by atoms with E-state index < -0.39 is 0 Å². The molecular formula is C15H18N4O3S. The summed E-state index contributed by atoms with van der Waals surface area (Å²) >= 11 is 1.34. The standard InChI is InChI=1S/C15H18N4O3S/c1-10(2)8-19-15(16-17-18-19)23-9-12(20)11-3-4-13-14(7-11)22-6-5-21-13/h3-4,7,10H,5-6,8-9H2,1-2H3. The molecule has 0 unspecified atom stereocenters. The zero-order valence-corrected chi connectivity index (χ0v) is 13.9. The molecule has 122 valence electrons. The van der Waals surface area contributed by atoms with Gasteiger partial charge < -0.3 is 9.47 Å². The van der Waals surface area contributed by atoms with Gasteiger partial charge in [-0.05, 0) is 34.5 Å². The summed E-state index contributed by atoms with van der Waals surface area (Å²) in [6.07, 6.45) is 0. The Morgan fingerprint density at radius 2 is 2.09 bits per heavy atom. The van der Waals surface area contributed by atoms with E-state index in [9.17, 15) is 4.79 Å².